The van der Waals surface area contributed by atoms with Gasteiger partial charge in [0.05, 0.1) is 5.56 Å². The summed E-state index contributed by atoms with van der Waals surface area (Å²) in [6.45, 7) is 6.48. The Balaban J connectivity index is 1.79. The Morgan fingerprint density at radius 1 is 0.758 bits per heavy atom. The smallest absolute Gasteiger partial charge is 0.295 e. The first-order valence-corrected chi connectivity index (χ1v) is 12.4. The highest BCUT2D eigenvalue weighted by Crippen LogP contribution is 2.29. The molecule has 0 saturated heterocycles. The van der Waals surface area contributed by atoms with E-state index in [1.807, 2.05) is 12.1 Å². The predicted octanol–water partition coefficient (Wildman–Crippen LogP) is 8.61. The molecule has 2 rings (SSSR count). The van der Waals surface area contributed by atoms with Crippen molar-refractivity contribution in [3.63, 3.8) is 0 Å². The minimum absolute atomic E-state index is 0.604. The molecule has 0 saturated carbocycles. The lowest BCUT2D eigenvalue weighted by Gasteiger charge is -2.21. The zero-order valence-corrected chi connectivity index (χ0v) is 20.2. The summed E-state index contributed by atoms with van der Waals surface area (Å²) in [5, 5.41) is 0. The van der Waals surface area contributed by atoms with Crippen LogP contribution in [0.2, 0.25) is 0 Å². The van der Waals surface area contributed by atoms with E-state index in [4.69, 9.17) is 0 Å². The number of hydrogen-bond acceptors (Lipinski definition) is 1. The molecule has 0 bridgehead atoms. The standard InChI is InChI=1S/C29H38F3N/c1-3-5-6-7-8-9-10-11-12-13-15-25-16-14-17-27(22-25)24-33(4-2)23-26-18-20-28(21-19-26)29(30,31)32/h14,16-22H,3-12,23-24H2,1-2H3. The van der Waals surface area contributed by atoms with Crippen molar-refractivity contribution in [3.05, 3.63) is 70.8 Å². The van der Waals surface area contributed by atoms with Crippen molar-refractivity contribution < 1.29 is 13.2 Å². The van der Waals surface area contributed by atoms with E-state index in [0.717, 1.165) is 49.2 Å². The molecule has 2 aromatic carbocycles. The normalized spacial score (nSPS) is 11.5. The van der Waals surface area contributed by atoms with E-state index in [1.165, 1.54) is 50.5 Å². The quantitative estimate of drug-likeness (QED) is 0.215. The van der Waals surface area contributed by atoms with Crippen molar-refractivity contribution in [1.29, 1.82) is 0 Å². The fraction of sp³-hybridized carbons (Fsp3) is 0.517. The summed E-state index contributed by atoms with van der Waals surface area (Å²) in [5.74, 6) is 6.60. The maximum absolute atomic E-state index is 12.8. The minimum Gasteiger partial charge on any atom is -0.295 e. The molecular formula is C29H38F3N. The molecular weight excluding hydrogens is 419 g/mol. The summed E-state index contributed by atoms with van der Waals surface area (Å²) in [6, 6.07) is 13.7. The van der Waals surface area contributed by atoms with Crippen LogP contribution < -0.4 is 0 Å². The second-order valence-corrected chi connectivity index (χ2v) is 8.72. The van der Waals surface area contributed by atoms with E-state index >= 15 is 0 Å². The number of halogens is 3. The van der Waals surface area contributed by atoms with Gasteiger partial charge in [0.2, 0.25) is 0 Å². The molecule has 0 aromatic heterocycles. The number of rotatable bonds is 13. The summed E-state index contributed by atoms with van der Waals surface area (Å²) in [5.41, 5.74) is 2.47. The van der Waals surface area contributed by atoms with Crippen LogP contribution in [-0.4, -0.2) is 11.4 Å². The van der Waals surface area contributed by atoms with Crippen molar-refractivity contribution >= 4 is 0 Å². The van der Waals surface area contributed by atoms with E-state index in [9.17, 15) is 13.2 Å². The molecule has 0 unspecified atom stereocenters. The van der Waals surface area contributed by atoms with Gasteiger partial charge in [0.1, 0.15) is 0 Å². The van der Waals surface area contributed by atoms with Gasteiger partial charge in [0, 0.05) is 25.1 Å². The molecule has 0 aliphatic heterocycles. The maximum Gasteiger partial charge on any atom is 0.416 e. The van der Waals surface area contributed by atoms with Gasteiger partial charge >= 0.3 is 6.18 Å². The van der Waals surface area contributed by atoms with E-state index in [2.05, 4.69) is 42.7 Å². The molecule has 0 heterocycles. The van der Waals surface area contributed by atoms with Crippen LogP contribution >= 0.6 is 0 Å². The molecule has 0 atom stereocenters. The first-order chi connectivity index (χ1) is 15.9. The van der Waals surface area contributed by atoms with Crippen LogP contribution in [-0.2, 0) is 19.3 Å². The zero-order valence-electron chi connectivity index (χ0n) is 20.2. The molecule has 0 amide bonds. The molecule has 180 valence electrons. The fourth-order valence-electron chi connectivity index (χ4n) is 3.85. The molecule has 4 heteroatoms. The maximum atomic E-state index is 12.8. The van der Waals surface area contributed by atoms with E-state index in [1.54, 1.807) is 12.1 Å². The molecule has 0 N–H and O–H groups in total. The zero-order chi connectivity index (χ0) is 23.9. The third-order valence-electron chi connectivity index (χ3n) is 5.86. The van der Waals surface area contributed by atoms with Crippen LogP contribution in [0.1, 0.15) is 93.9 Å². The third kappa shape index (κ3) is 10.9. The van der Waals surface area contributed by atoms with Crippen molar-refractivity contribution in [2.75, 3.05) is 6.54 Å². The van der Waals surface area contributed by atoms with Gasteiger partial charge in [-0.05, 0) is 48.4 Å². The highest BCUT2D eigenvalue weighted by atomic mass is 19.4. The monoisotopic (exact) mass is 457 g/mol. The minimum atomic E-state index is -4.29. The van der Waals surface area contributed by atoms with Gasteiger partial charge in [0.15, 0.2) is 0 Å². The van der Waals surface area contributed by atoms with Crippen LogP contribution in [0.3, 0.4) is 0 Å². The third-order valence-corrected chi connectivity index (χ3v) is 5.86. The van der Waals surface area contributed by atoms with Crippen molar-refractivity contribution in [1.82, 2.24) is 4.90 Å². The lowest BCUT2D eigenvalue weighted by Crippen LogP contribution is -2.22. The van der Waals surface area contributed by atoms with E-state index in [0.29, 0.717) is 6.54 Å². The Kier molecular flexibility index (Phi) is 12.1. The first-order valence-electron chi connectivity index (χ1n) is 12.4. The molecule has 0 radical (unpaired) electrons. The predicted molar refractivity (Wildman–Crippen MR) is 132 cm³/mol. The average molecular weight is 458 g/mol. The number of alkyl halides is 3. The Morgan fingerprint density at radius 2 is 1.39 bits per heavy atom. The summed E-state index contributed by atoms with van der Waals surface area (Å²) in [6.07, 6.45) is 7.11. The van der Waals surface area contributed by atoms with Crippen LogP contribution in [0, 0.1) is 11.8 Å². The largest absolute Gasteiger partial charge is 0.416 e. The number of hydrogen-bond donors (Lipinski definition) is 0. The van der Waals surface area contributed by atoms with Crippen LogP contribution in [0.5, 0.6) is 0 Å². The topological polar surface area (TPSA) is 3.24 Å². The first kappa shape index (κ1) is 27.0. The molecule has 33 heavy (non-hydrogen) atoms. The van der Waals surface area contributed by atoms with Crippen molar-refractivity contribution in [2.45, 2.75) is 90.9 Å². The van der Waals surface area contributed by atoms with E-state index < -0.39 is 11.7 Å². The van der Waals surface area contributed by atoms with Gasteiger partial charge in [-0.25, -0.2) is 0 Å². The Hall–Kier alpha value is -2.25. The lowest BCUT2D eigenvalue weighted by molar-refractivity contribution is -0.137. The Bertz CT molecular complexity index is 859. The summed E-state index contributed by atoms with van der Waals surface area (Å²) in [4.78, 5) is 2.22. The fourth-order valence-corrected chi connectivity index (χ4v) is 3.85. The highest BCUT2D eigenvalue weighted by Gasteiger charge is 2.29. The molecule has 0 spiro atoms. The summed E-state index contributed by atoms with van der Waals surface area (Å²) < 4.78 is 38.3. The molecule has 2 aromatic rings. The Morgan fingerprint density at radius 3 is 2.03 bits per heavy atom. The SMILES string of the molecule is CCCCCCCCCCC#Cc1cccc(CN(CC)Cc2ccc(C(F)(F)F)cc2)c1. The number of benzene rings is 2. The van der Waals surface area contributed by atoms with Crippen molar-refractivity contribution in [2.24, 2.45) is 0 Å². The van der Waals surface area contributed by atoms with Gasteiger partial charge in [-0.1, -0.05) is 94.9 Å². The van der Waals surface area contributed by atoms with Crippen LogP contribution in [0.4, 0.5) is 13.2 Å². The highest BCUT2D eigenvalue weighted by molar-refractivity contribution is 5.37. The number of nitrogens with zero attached hydrogens (tertiary/aromatic N) is 1. The second kappa shape index (κ2) is 14.8. The summed E-state index contributed by atoms with van der Waals surface area (Å²) >= 11 is 0. The number of unbranched alkanes of at least 4 members (excludes halogenated alkanes) is 8. The molecule has 0 fully saturated rings. The van der Waals surface area contributed by atoms with Gasteiger partial charge in [-0.2, -0.15) is 13.2 Å². The van der Waals surface area contributed by atoms with Crippen LogP contribution in [0.15, 0.2) is 48.5 Å². The van der Waals surface area contributed by atoms with Gasteiger partial charge in [0.25, 0.3) is 0 Å². The Labute approximate surface area is 198 Å². The molecule has 0 aliphatic rings. The molecule has 0 aliphatic carbocycles. The lowest BCUT2D eigenvalue weighted by atomic mass is 10.1. The van der Waals surface area contributed by atoms with Crippen molar-refractivity contribution in [3.8, 4) is 11.8 Å². The average Bonchev–Trinajstić information content (AvgIpc) is 2.80. The summed E-state index contributed by atoms with van der Waals surface area (Å²) in [7, 11) is 0. The van der Waals surface area contributed by atoms with Crippen LogP contribution in [0.25, 0.3) is 0 Å². The van der Waals surface area contributed by atoms with Gasteiger partial charge in [-0.3, -0.25) is 4.90 Å². The second-order valence-electron chi connectivity index (χ2n) is 8.72. The van der Waals surface area contributed by atoms with E-state index in [-0.39, 0.29) is 0 Å². The van der Waals surface area contributed by atoms with Gasteiger partial charge < -0.3 is 0 Å². The molecule has 1 nitrogen and oxygen atoms in total. The van der Waals surface area contributed by atoms with Gasteiger partial charge in [-0.15, -0.1) is 0 Å².